The second-order valence-electron chi connectivity index (χ2n) is 5.81. The van der Waals surface area contributed by atoms with Gasteiger partial charge in [-0.25, -0.2) is 0 Å². The van der Waals surface area contributed by atoms with Crippen LogP contribution in [0.2, 0.25) is 0 Å². The number of rotatable bonds is 7. The molecule has 2 saturated heterocycles. The van der Waals surface area contributed by atoms with Crippen LogP contribution in [-0.2, 0) is 4.74 Å². The van der Waals surface area contributed by atoms with Gasteiger partial charge in [0.2, 0.25) is 0 Å². The molecule has 3 nitrogen and oxygen atoms in total. The summed E-state index contributed by atoms with van der Waals surface area (Å²) in [6, 6.07) is 0.770. The molecule has 106 valence electrons. The standard InChI is InChI=1S/C15H30N2O/c1-2-9-16-13-14-6-3-4-10-17(14)11-8-15-7-5-12-18-15/h14-16H,2-13H2,1H3. The maximum atomic E-state index is 5.74. The van der Waals surface area contributed by atoms with Crippen molar-refractivity contribution in [1.29, 1.82) is 0 Å². The molecule has 2 fully saturated rings. The summed E-state index contributed by atoms with van der Waals surface area (Å²) in [5.41, 5.74) is 0. The first-order valence-electron chi connectivity index (χ1n) is 7.96. The van der Waals surface area contributed by atoms with Gasteiger partial charge in [-0.1, -0.05) is 13.3 Å². The average Bonchev–Trinajstić information content (AvgIpc) is 2.91. The molecule has 0 aromatic carbocycles. The van der Waals surface area contributed by atoms with E-state index in [1.54, 1.807) is 0 Å². The number of likely N-dealkylation sites (tertiary alicyclic amines) is 1. The van der Waals surface area contributed by atoms with Gasteiger partial charge in [0.25, 0.3) is 0 Å². The Bertz CT molecular complexity index is 217. The summed E-state index contributed by atoms with van der Waals surface area (Å²) in [4.78, 5) is 2.70. The predicted octanol–water partition coefficient (Wildman–Crippen LogP) is 2.41. The fourth-order valence-electron chi connectivity index (χ4n) is 3.21. The highest BCUT2D eigenvalue weighted by Crippen LogP contribution is 2.20. The lowest BCUT2D eigenvalue weighted by molar-refractivity contribution is 0.0751. The molecule has 18 heavy (non-hydrogen) atoms. The minimum Gasteiger partial charge on any atom is -0.378 e. The molecule has 0 spiro atoms. The van der Waals surface area contributed by atoms with Gasteiger partial charge in [0, 0.05) is 25.7 Å². The Labute approximate surface area is 112 Å². The number of ether oxygens (including phenoxy) is 1. The molecule has 0 bridgehead atoms. The molecule has 2 aliphatic heterocycles. The zero-order chi connectivity index (χ0) is 12.6. The maximum Gasteiger partial charge on any atom is 0.0588 e. The quantitative estimate of drug-likeness (QED) is 0.706. The van der Waals surface area contributed by atoms with Crippen molar-refractivity contribution in [3.05, 3.63) is 0 Å². The average molecular weight is 254 g/mol. The van der Waals surface area contributed by atoms with E-state index in [-0.39, 0.29) is 0 Å². The van der Waals surface area contributed by atoms with Crippen LogP contribution in [0, 0.1) is 0 Å². The van der Waals surface area contributed by atoms with Crippen LogP contribution < -0.4 is 5.32 Å². The van der Waals surface area contributed by atoms with Crippen LogP contribution in [0.25, 0.3) is 0 Å². The molecule has 2 heterocycles. The van der Waals surface area contributed by atoms with Gasteiger partial charge in [-0.2, -0.15) is 0 Å². The summed E-state index contributed by atoms with van der Waals surface area (Å²) in [5.74, 6) is 0. The van der Waals surface area contributed by atoms with Crippen LogP contribution in [-0.4, -0.2) is 49.8 Å². The van der Waals surface area contributed by atoms with E-state index in [9.17, 15) is 0 Å². The van der Waals surface area contributed by atoms with E-state index < -0.39 is 0 Å². The third kappa shape index (κ3) is 4.52. The van der Waals surface area contributed by atoms with Gasteiger partial charge < -0.3 is 10.1 Å². The van der Waals surface area contributed by atoms with Crippen LogP contribution in [0.3, 0.4) is 0 Å². The molecular formula is C15H30N2O. The lowest BCUT2D eigenvalue weighted by Gasteiger charge is -2.36. The van der Waals surface area contributed by atoms with E-state index in [1.165, 1.54) is 64.6 Å². The SMILES string of the molecule is CCCNCC1CCCCN1CCC1CCCO1. The Morgan fingerprint density at radius 3 is 2.94 bits per heavy atom. The molecular weight excluding hydrogens is 224 g/mol. The van der Waals surface area contributed by atoms with Crippen molar-refractivity contribution < 1.29 is 4.74 Å². The minimum absolute atomic E-state index is 0.552. The van der Waals surface area contributed by atoms with Crippen molar-refractivity contribution in [2.24, 2.45) is 0 Å². The Hall–Kier alpha value is -0.120. The number of nitrogens with one attached hydrogen (secondary N) is 1. The smallest absolute Gasteiger partial charge is 0.0588 e. The molecule has 1 N–H and O–H groups in total. The molecule has 0 aliphatic carbocycles. The first-order valence-corrected chi connectivity index (χ1v) is 7.96. The van der Waals surface area contributed by atoms with E-state index in [0.717, 1.165) is 19.2 Å². The molecule has 2 rings (SSSR count). The first-order chi connectivity index (χ1) is 8.90. The molecule has 0 radical (unpaired) electrons. The first kappa shape index (κ1) is 14.3. The minimum atomic E-state index is 0.552. The largest absolute Gasteiger partial charge is 0.378 e. The third-order valence-corrected chi connectivity index (χ3v) is 4.32. The van der Waals surface area contributed by atoms with Crippen molar-refractivity contribution in [3.63, 3.8) is 0 Å². The Balaban J connectivity index is 1.68. The van der Waals surface area contributed by atoms with Gasteiger partial charge >= 0.3 is 0 Å². The second kappa shape index (κ2) is 8.13. The number of hydrogen-bond acceptors (Lipinski definition) is 3. The highest BCUT2D eigenvalue weighted by Gasteiger charge is 2.23. The highest BCUT2D eigenvalue weighted by molar-refractivity contribution is 4.80. The molecule has 0 amide bonds. The molecule has 2 atom stereocenters. The zero-order valence-electron chi connectivity index (χ0n) is 12.0. The lowest BCUT2D eigenvalue weighted by atomic mass is 10.0. The molecule has 0 aromatic heterocycles. The van der Waals surface area contributed by atoms with E-state index in [4.69, 9.17) is 4.74 Å². The third-order valence-electron chi connectivity index (χ3n) is 4.32. The van der Waals surface area contributed by atoms with Gasteiger partial charge in [0.1, 0.15) is 0 Å². The van der Waals surface area contributed by atoms with Crippen molar-refractivity contribution in [1.82, 2.24) is 10.2 Å². The summed E-state index contributed by atoms with van der Waals surface area (Å²) in [6.45, 7) is 8.11. The van der Waals surface area contributed by atoms with E-state index in [1.807, 2.05) is 0 Å². The molecule has 0 aromatic rings. The van der Waals surface area contributed by atoms with Crippen LogP contribution >= 0.6 is 0 Å². The zero-order valence-corrected chi connectivity index (χ0v) is 12.0. The molecule has 3 heteroatoms. The molecule has 2 aliphatic rings. The van der Waals surface area contributed by atoms with Crippen molar-refractivity contribution >= 4 is 0 Å². The van der Waals surface area contributed by atoms with Crippen LogP contribution in [0.5, 0.6) is 0 Å². The van der Waals surface area contributed by atoms with Gasteiger partial charge in [-0.05, 0) is 51.6 Å². The Morgan fingerprint density at radius 2 is 2.17 bits per heavy atom. The number of piperidine rings is 1. The predicted molar refractivity (Wildman–Crippen MR) is 76.0 cm³/mol. The summed E-state index contributed by atoms with van der Waals surface area (Å²) in [7, 11) is 0. The fourth-order valence-corrected chi connectivity index (χ4v) is 3.21. The van der Waals surface area contributed by atoms with Gasteiger partial charge in [-0.3, -0.25) is 4.90 Å². The van der Waals surface area contributed by atoms with Crippen molar-refractivity contribution in [2.75, 3.05) is 32.8 Å². The second-order valence-corrected chi connectivity index (χ2v) is 5.81. The van der Waals surface area contributed by atoms with Crippen LogP contribution in [0.4, 0.5) is 0 Å². The van der Waals surface area contributed by atoms with E-state index >= 15 is 0 Å². The summed E-state index contributed by atoms with van der Waals surface area (Å²) in [6.07, 6.45) is 9.76. The summed E-state index contributed by atoms with van der Waals surface area (Å²) >= 11 is 0. The Kier molecular flexibility index (Phi) is 6.46. The van der Waals surface area contributed by atoms with E-state index in [0.29, 0.717) is 6.10 Å². The lowest BCUT2D eigenvalue weighted by Crippen LogP contribution is -2.46. The summed E-state index contributed by atoms with van der Waals surface area (Å²) < 4.78 is 5.74. The van der Waals surface area contributed by atoms with Crippen molar-refractivity contribution in [3.8, 4) is 0 Å². The topological polar surface area (TPSA) is 24.5 Å². The van der Waals surface area contributed by atoms with Crippen molar-refractivity contribution in [2.45, 2.75) is 64.0 Å². The number of nitrogens with zero attached hydrogens (tertiary/aromatic N) is 1. The maximum absolute atomic E-state index is 5.74. The van der Waals surface area contributed by atoms with Crippen LogP contribution in [0.15, 0.2) is 0 Å². The number of hydrogen-bond donors (Lipinski definition) is 1. The summed E-state index contributed by atoms with van der Waals surface area (Å²) in [5, 5.41) is 3.59. The highest BCUT2D eigenvalue weighted by atomic mass is 16.5. The van der Waals surface area contributed by atoms with E-state index in [2.05, 4.69) is 17.1 Å². The van der Waals surface area contributed by atoms with Gasteiger partial charge in [0.05, 0.1) is 6.10 Å². The normalized spacial score (nSPS) is 29.8. The van der Waals surface area contributed by atoms with Gasteiger partial charge in [0.15, 0.2) is 0 Å². The fraction of sp³-hybridized carbons (Fsp3) is 1.00. The monoisotopic (exact) mass is 254 g/mol. The Morgan fingerprint density at radius 1 is 1.22 bits per heavy atom. The molecule has 0 saturated carbocycles. The van der Waals surface area contributed by atoms with Crippen LogP contribution in [0.1, 0.15) is 51.9 Å². The van der Waals surface area contributed by atoms with Gasteiger partial charge in [-0.15, -0.1) is 0 Å². The molecule has 2 unspecified atom stereocenters.